The second-order valence-electron chi connectivity index (χ2n) is 23.2. The molecule has 10 atom stereocenters. The van der Waals surface area contributed by atoms with Crippen molar-refractivity contribution in [3.05, 3.63) is 40.7 Å². The number of aliphatic carboxylic acids is 1. The van der Waals surface area contributed by atoms with Crippen LogP contribution in [0.25, 0.3) is 0 Å². The summed E-state index contributed by atoms with van der Waals surface area (Å²) in [6, 6.07) is 5.34. The number of carbonyl (C=O) groups is 5. The van der Waals surface area contributed by atoms with Crippen LogP contribution in [-0.4, -0.2) is 57.8 Å². The second kappa shape index (κ2) is 14.8. The van der Waals surface area contributed by atoms with E-state index in [0.717, 1.165) is 62.6 Å². The van der Waals surface area contributed by atoms with Gasteiger partial charge in [-0.1, -0.05) is 74.0 Å². The fourth-order valence-corrected chi connectivity index (χ4v) is 14.9. The van der Waals surface area contributed by atoms with Gasteiger partial charge in [0.25, 0.3) is 5.91 Å². The van der Waals surface area contributed by atoms with E-state index in [1.807, 2.05) is 46.8 Å². The molecule has 1 aromatic heterocycles. The zero-order valence-corrected chi connectivity index (χ0v) is 38.6. The highest BCUT2D eigenvalue weighted by atomic mass is 16.5. The van der Waals surface area contributed by atoms with E-state index in [-0.39, 0.29) is 76.1 Å². The third-order valence-corrected chi connectivity index (χ3v) is 18.4. The van der Waals surface area contributed by atoms with Crippen LogP contribution in [0.1, 0.15) is 163 Å². The molecule has 10 heteroatoms. The van der Waals surface area contributed by atoms with Crippen molar-refractivity contribution in [1.29, 1.82) is 0 Å². The van der Waals surface area contributed by atoms with E-state index in [1.54, 1.807) is 6.07 Å². The number of carbonyl (C=O) groups excluding carboxylic acids is 4. The monoisotopic (exact) mass is 828 g/mol. The summed E-state index contributed by atoms with van der Waals surface area (Å²) in [5, 5.41) is 15.9. The number of ether oxygens (including phenoxy) is 1. The van der Waals surface area contributed by atoms with Gasteiger partial charge in [0.15, 0.2) is 5.78 Å². The molecule has 1 aromatic rings. The topological polar surface area (TPSA) is 152 Å². The van der Waals surface area contributed by atoms with E-state index in [4.69, 9.17) is 4.74 Å². The number of allylic oxidation sites excluding steroid dienone is 2. The third kappa shape index (κ3) is 6.87. The highest BCUT2D eigenvalue weighted by Crippen LogP contribution is 2.77. The molecule has 0 bridgehead atoms. The lowest BCUT2D eigenvalue weighted by molar-refractivity contribution is -0.236. The average molecular weight is 828 g/mol. The highest BCUT2D eigenvalue weighted by Gasteiger charge is 2.70. The molecule has 0 unspecified atom stereocenters. The molecule has 7 rings (SSSR count). The first-order chi connectivity index (χ1) is 27.7. The van der Waals surface area contributed by atoms with E-state index in [2.05, 4.69) is 64.1 Å². The molecule has 2 amide bonds. The number of nitrogens with one attached hydrogen (secondary N) is 2. The number of hydrogen-bond donors (Lipinski definition) is 3. The largest absolute Gasteiger partial charge is 0.481 e. The Morgan fingerprint density at radius 3 is 2.22 bits per heavy atom. The number of carboxylic acids is 1. The Bertz CT molecular complexity index is 2000. The van der Waals surface area contributed by atoms with Crippen molar-refractivity contribution in [2.75, 3.05) is 6.54 Å². The van der Waals surface area contributed by atoms with Gasteiger partial charge in [-0.2, -0.15) is 0 Å². The van der Waals surface area contributed by atoms with Crippen LogP contribution >= 0.6 is 0 Å². The third-order valence-electron chi connectivity index (χ3n) is 18.4. The molecular formula is C50H73N3O7. The molecule has 0 aromatic carbocycles. The van der Waals surface area contributed by atoms with Gasteiger partial charge in [0.2, 0.25) is 5.91 Å². The molecule has 0 spiro atoms. The minimum Gasteiger partial charge on any atom is -0.481 e. The predicted octanol–water partition coefficient (Wildman–Crippen LogP) is 9.04. The summed E-state index contributed by atoms with van der Waals surface area (Å²) >= 11 is 0. The standard InChI is InChI=1S/C50H73N3O7/c1-28(2)39-34(54)25-50(26-38(55)51-27-44(4,5)53-41(56)33-15-13-14-29(3)52-33)23-22-48(11)30(40(39)50)16-17-36-47(10)20-19-37(46(8,9)35(47)18-21-49(36,48)12)60-43(59)32-24-31(42(57)58)45(32,6)7/h13-15,28,30-32,35-37H,16-27H2,1-12H3,(H,51,55)(H,53,56)(H,57,58)/t30-,31+,32-,35+,36-,37+,47+,48-,49-,50+/m1/s1. The van der Waals surface area contributed by atoms with Crippen LogP contribution in [0.15, 0.2) is 29.3 Å². The van der Waals surface area contributed by atoms with Crippen LogP contribution < -0.4 is 10.6 Å². The maximum atomic E-state index is 14.2. The number of aromatic nitrogens is 1. The summed E-state index contributed by atoms with van der Waals surface area (Å²) in [5.41, 5.74) is 1.27. The summed E-state index contributed by atoms with van der Waals surface area (Å²) in [6.07, 6.45) is 8.48. The molecule has 330 valence electrons. The number of ketones is 1. The maximum absolute atomic E-state index is 14.2. The van der Waals surface area contributed by atoms with E-state index >= 15 is 0 Å². The Labute approximate surface area is 358 Å². The van der Waals surface area contributed by atoms with E-state index < -0.39 is 34.2 Å². The average Bonchev–Trinajstić information content (AvgIpc) is 3.43. The van der Waals surface area contributed by atoms with E-state index in [0.29, 0.717) is 30.4 Å². The van der Waals surface area contributed by atoms with E-state index in [1.165, 1.54) is 5.57 Å². The highest BCUT2D eigenvalue weighted by molar-refractivity contribution is 6.01. The lowest BCUT2D eigenvalue weighted by Gasteiger charge is -2.72. The number of fused-ring (bicyclic) bond motifs is 7. The van der Waals surface area contributed by atoms with Gasteiger partial charge in [-0.25, -0.2) is 4.98 Å². The van der Waals surface area contributed by atoms with Crippen molar-refractivity contribution in [2.24, 2.45) is 68.0 Å². The van der Waals surface area contributed by atoms with Crippen molar-refractivity contribution in [3.63, 3.8) is 0 Å². The van der Waals surface area contributed by atoms with Gasteiger partial charge in [0.05, 0.1) is 17.4 Å². The van der Waals surface area contributed by atoms with Crippen molar-refractivity contribution in [2.45, 2.75) is 165 Å². The molecule has 0 aliphatic heterocycles. The summed E-state index contributed by atoms with van der Waals surface area (Å²) in [4.78, 5) is 71.1. The minimum atomic E-state index is -0.840. The maximum Gasteiger partial charge on any atom is 0.309 e. The lowest BCUT2D eigenvalue weighted by Crippen LogP contribution is -2.66. The number of esters is 1. The number of rotatable bonds is 10. The lowest BCUT2D eigenvalue weighted by atomic mass is 9.33. The van der Waals surface area contributed by atoms with Gasteiger partial charge in [-0.05, 0) is 142 Å². The molecular weight excluding hydrogens is 755 g/mol. The number of carboxylic acid groups (broad SMARTS) is 1. The molecule has 5 saturated carbocycles. The van der Waals surface area contributed by atoms with Crippen LogP contribution in [0, 0.1) is 74.9 Å². The fourth-order valence-electron chi connectivity index (χ4n) is 14.9. The van der Waals surface area contributed by atoms with Gasteiger partial charge in [0, 0.05) is 35.9 Å². The van der Waals surface area contributed by atoms with Crippen molar-refractivity contribution in [1.82, 2.24) is 15.6 Å². The van der Waals surface area contributed by atoms with Crippen molar-refractivity contribution < 1.29 is 33.8 Å². The minimum absolute atomic E-state index is 0.0199. The molecule has 6 aliphatic rings. The molecule has 5 fully saturated rings. The van der Waals surface area contributed by atoms with Gasteiger partial charge >= 0.3 is 11.9 Å². The summed E-state index contributed by atoms with van der Waals surface area (Å²) in [7, 11) is 0. The molecule has 6 aliphatic carbocycles. The number of hydrogen-bond acceptors (Lipinski definition) is 7. The Balaban J connectivity index is 1.08. The van der Waals surface area contributed by atoms with Crippen LogP contribution in [0.5, 0.6) is 0 Å². The Morgan fingerprint density at radius 2 is 1.58 bits per heavy atom. The second-order valence-corrected chi connectivity index (χ2v) is 23.2. The molecule has 0 saturated heterocycles. The zero-order chi connectivity index (χ0) is 44.2. The quantitative estimate of drug-likeness (QED) is 0.198. The Kier molecular flexibility index (Phi) is 11.0. The first-order valence-corrected chi connectivity index (χ1v) is 23.0. The smallest absolute Gasteiger partial charge is 0.309 e. The zero-order valence-electron chi connectivity index (χ0n) is 38.6. The van der Waals surface area contributed by atoms with Crippen LogP contribution in [0.2, 0.25) is 0 Å². The summed E-state index contributed by atoms with van der Waals surface area (Å²) < 4.78 is 6.42. The van der Waals surface area contributed by atoms with Crippen molar-refractivity contribution in [3.8, 4) is 0 Å². The van der Waals surface area contributed by atoms with Crippen molar-refractivity contribution >= 4 is 29.5 Å². The van der Waals surface area contributed by atoms with Gasteiger partial charge in [0.1, 0.15) is 11.8 Å². The Morgan fingerprint density at radius 1 is 0.883 bits per heavy atom. The number of pyridine rings is 1. The summed E-state index contributed by atoms with van der Waals surface area (Å²) in [6.45, 7) is 26.1. The molecule has 1 heterocycles. The van der Waals surface area contributed by atoms with Crippen LogP contribution in [0.3, 0.4) is 0 Å². The number of nitrogens with zero attached hydrogens (tertiary/aromatic N) is 1. The molecule has 60 heavy (non-hydrogen) atoms. The van der Waals surface area contributed by atoms with Gasteiger partial charge < -0.3 is 20.5 Å². The fraction of sp³-hybridized carbons (Fsp3) is 0.760. The predicted molar refractivity (Wildman–Crippen MR) is 230 cm³/mol. The molecule has 10 nitrogen and oxygen atoms in total. The summed E-state index contributed by atoms with van der Waals surface area (Å²) in [5.74, 6) is -1.05. The first kappa shape index (κ1) is 44.5. The molecule has 0 radical (unpaired) electrons. The van der Waals surface area contributed by atoms with Gasteiger partial charge in [-0.3, -0.25) is 24.0 Å². The van der Waals surface area contributed by atoms with E-state index in [9.17, 15) is 29.1 Å². The van der Waals surface area contributed by atoms with Crippen LogP contribution in [0.4, 0.5) is 0 Å². The Hall–Kier alpha value is -3.56. The number of amides is 2. The first-order valence-electron chi connectivity index (χ1n) is 23.0. The number of aryl methyl sites for hydroxylation is 1. The SMILES string of the molecule is Cc1cccc(C(=O)NC(C)(C)CNC(=O)C[C@@]23CC[C@]4(C)[C@H](CC[C@@H]5[C@@]6(C)CC[C@H](OC(=O)[C@H]7C[C@@H](C(=O)O)C7(C)C)C(C)(C)[C@@H]6CC[C@]54C)C2=C(C(C)C)C(=O)C3)n1. The van der Waals surface area contributed by atoms with Crippen LogP contribution in [-0.2, 0) is 23.9 Å². The van der Waals surface area contributed by atoms with Gasteiger partial charge in [-0.15, -0.1) is 0 Å². The molecule has 3 N–H and O–H groups in total. The number of Topliss-reactive ketones (excluding diaryl/α,β-unsaturated/α-hetero) is 1. The normalized spacial score (nSPS) is 37.8.